The van der Waals surface area contributed by atoms with Crippen molar-refractivity contribution in [3.05, 3.63) is 23.8 Å². The summed E-state index contributed by atoms with van der Waals surface area (Å²) >= 11 is 0. The van der Waals surface area contributed by atoms with Crippen molar-refractivity contribution in [3.63, 3.8) is 0 Å². The standard InChI is InChI=1S/C12H19N3O/c1-12(2,3)7-15-10-6-8(11(14)16)4-5-9(10)13/h4-6,15H,7,13H2,1-3H3,(H2,14,16). The number of anilines is 2. The Balaban J connectivity index is 2.86. The Labute approximate surface area is 96.0 Å². The molecule has 1 aromatic rings. The zero-order valence-corrected chi connectivity index (χ0v) is 10.0. The van der Waals surface area contributed by atoms with Gasteiger partial charge in [0.05, 0.1) is 11.4 Å². The molecule has 0 aromatic heterocycles. The van der Waals surface area contributed by atoms with Gasteiger partial charge in [-0.2, -0.15) is 0 Å². The lowest BCUT2D eigenvalue weighted by Crippen LogP contribution is -2.20. The molecule has 0 unspecified atom stereocenters. The zero-order valence-electron chi connectivity index (χ0n) is 10.0. The third-order valence-electron chi connectivity index (χ3n) is 2.15. The van der Waals surface area contributed by atoms with E-state index in [2.05, 4.69) is 26.1 Å². The number of hydrogen-bond donors (Lipinski definition) is 3. The van der Waals surface area contributed by atoms with E-state index in [0.717, 1.165) is 12.2 Å². The number of nitrogens with one attached hydrogen (secondary N) is 1. The normalized spacial score (nSPS) is 11.2. The fraction of sp³-hybridized carbons (Fsp3) is 0.417. The second kappa shape index (κ2) is 4.43. The van der Waals surface area contributed by atoms with Crippen LogP contribution in [0.3, 0.4) is 0 Å². The predicted octanol–water partition coefficient (Wildman–Crippen LogP) is 1.83. The number of rotatable bonds is 3. The van der Waals surface area contributed by atoms with E-state index in [1.807, 2.05) is 0 Å². The van der Waals surface area contributed by atoms with Crippen LogP contribution in [0, 0.1) is 5.41 Å². The lowest BCUT2D eigenvalue weighted by molar-refractivity contribution is 0.100. The van der Waals surface area contributed by atoms with Crippen molar-refractivity contribution in [3.8, 4) is 0 Å². The van der Waals surface area contributed by atoms with Gasteiger partial charge in [0, 0.05) is 12.1 Å². The minimum Gasteiger partial charge on any atom is -0.397 e. The minimum absolute atomic E-state index is 0.148. The van der Waals surface area contributed by atoms with Gasteiger partial charge in [0.1, 0.15) is 0 Å². The van der Waals surface area contributed by atoms with E-state index in [9.17, 15) is 4.79 Å². The molecule has 1 amide bonds. The van der Waals surface area contributed by atoms with E-state index in [1.165, 1.54) is 0 Å². The second-order valence-electron chi connectivity index (χ2n) is 5.08. The molecule has 0 saturated heterocycles. The van der Waals surface area contributed by atoms with E-state index in [1.54, 1.807) is 18.2 Å². The van der Waals surface area contributed by atoms with Gasteiger partial charge < -0.3 is 16.8 Å². The van der Waals surface area contributed by atoms with Crippen molar-refractivity contribution in [2.45, 2.75) is 20.8 Å². The monoisotopic (exact) mass is 221 g/mol. The Kier molecular flexibility index (Phi) is 3.42. The van der Waals surface area contributed by atoms with Crippen LogP contribution in [0.1, 0.15) is 31.1 Å². The van der Waals surface area contributed by atoms with Gasteiger partial charge in [-0.25, -0.2) is 0 Å². The van der Waals surface area contributed by atoms with E-state index >= 15 is 0 Å². The Hall–Kier alpha value is -1.71. The maximum absolute atomic E-state index is 11.0. The molecule has 0 atom stereocenters. The Morgan fingerprint density at radius 1 is 1.38 bits per heavy atom. The van der Waals surface area contributed by atoms with Crippen molar-refractivity contribution in [1.82, 2.24) is 0 Å². The smallest absolute Gasteiger partial charge is 0.248 e. The quantitative estimate of drug-likeness (QED) is 0.681. The summed E-state index contributed by atoms with van der Waals surface area (Å²) in [6.45, 7) is 7.13. The number of nitrogens with two attached hydrogens (primary N) is 2. The van der Waals surface area contributed by atoms with Gasteiger partial charge in [-0.05, 0) is 23.6 Å². The molecule has 0 fully saturated rings. The molecule has 0 bridgehead atoms. The van der Waals surface area contributed by atoms with Crippen LogP contribution in [0.4, 0.5) is 11.4 Å². The summed E-state index contributed by atoms with van der Waals surface area (Å²) in [4.78, 5) is 11.0. The van der Waals surface area contributed by atoms with Gasteiger partial charge in [-0.15, -0.1) is 0 Å². The topological polar surface area (TPSA) is 81.1 Å². The van der Waals surface area contributed by atoms with Gasteiger partial charge in [-0.1, -0.05) is 20.8 Å². The number of nitrogen functional groups attached to an aromatic ring is 1. The van der Waals surface area contributed by atoms with Crippen molar-refractivity contribution in [2.75, 3.05) is 17.6 Å². The molecule has 0 heterocycles. The number of primary amides is 1. The van der Waals surface area contributed by atoms with Crippen LogP contribution in [-0.2, 0) is 0 Å². The van der Waals surface area contributed by atoms with Gasteiger partial charge in [0.15, 0.2) is 0 Å². The summed E-state index contributed by atoms with van der Waals surface area (Å²) in [7, 11) is 0. The highest BCUT2D eigenvalue weighted by Gasteiger charge is 2.11. The van der Waals surface area contributed by atoms with Crippen molar-refractivity contribution >= 4 is 17.3 Å². The maximum Gasteiger partial charge on any atom is 0.248 e. The molecule has 0 spiro atoms. The van der Waals surface area contributed by atoms with Crippen LogP contribution >= 0.6 is 0 Å². The first kappa shape index (κ1) is 12.4. The molecule has 4 heteroatoms. The maximum atomic E-state index is 11.0. The van der Waals surface area contributed by atoms with Crippen molar-refractivity contribution < 1.29 is 4.79 Å². The van der Waals surface area contributed by atoms with Gasteiger partial charge >= 0.3 is 0 Å². The van der Waals surface area contributed by atoms with Crippen molar-refractivity contribution in [1.29, 1.82) is 0 Å². The number of hydrogen-bond acceptors (Lipinski definition) is 3. The van der Waals surface area contributed by atoms with Crippen LogP contribution in [-0.4, -0.2) is 12.5 Å². The molecule has 5 N–H and O–H groups in total. The average Bonchev–Trinajstić information content (AvgIpc) is 2.14. The molecule has 1 rings (SSSR count). The summed E-state index contributed by atoms with van der Waals surface area (Å²) in [5, 5.41) is 3.22. The zero-order chi connectivity index (χ0) is 12.3. The average molecular weight is 221 g/mol. The minimum atomic E-state index is -0.446. The summed E-state index contributed by atoms with van der Waals surface area (Å²) < 4.78 is 0. The van der Waals surface area contributed by atoms with Gasteiger partial charge in [-0.3, -0.25) is 4.79 Å². The molecular weight excluding hydrogens is 202 g/mol. The highest BCUT2D eigenvalue weighted by Crippen LogP contribution is 2.22. The molecule has 0 aliphatic heterocycles. The van der Waals surface area contributed by atoms with Crippen LogP contribution in [0.25, 0.3) is 0 Å². The summed E-state index contributed by atoms with van der Waals surface area (Å²) in [5.74, 6) is -0.446. The summed E-state index contributed by atoms with van der Waals surface area (Å²) in [6, 6.07) is 4.99. The first-order valence-corrected chi connectivity index (χ1v) is 5.23. The van der Waals surface area contributed by atoms with Crippen LogP contribution < -0.4 is 16.8 Å². The van der Waals surface area contributed by atoms with Crippen LogP contribution in [0.15, 0.2) is 18.2 Å². The largest absolute Gasteiger partial charge is 0.397 e. The van der Waals surface area contributed by atoms with Crippen LogP contribution in [0.2, 0.25) is 0 Å². The Morgan fingerprint density at radius 3 is 2.50 bits per heavy atom. The first-order chi connectivity index (χ1) is 7.29. The molecule has 1 aromatic carbocycles. The van der Waals surface area contributed by atoms with Gasteiger partial charge in [0.2, 0.25) is 5.91 Å². The SMILES string of the molecule is CC(C)(C)CNc1cc(C(N)=O)ccc1N. The molecule has 0 aliphatic carbocycles. The number of carbonyl (C=O) groups excluding carboxylic acids is 1. The highest BCUT2D eigenvalue weighted by molar-refractivity contribution is 5.94. The van der Waals surface area contributed by atoms with Crippen molar-refractivity contribution in [2.24, 2.45) is 11.1 Å². The fourth-order valence-corrected chi connectivity index (χ4v) is 1.22. The lowest BCUT2D eigenvalue weighted by atomic mass is 9.97. The Morgan fingerprint density at radius 2 is 2.00 bits per heavy atom. The van der Waals surface area contributed by atoms with E-state index in [-0.39, 0.29) is 5.41 Å². The highest BCUT2D eigenvalue weighted by atomic mass is 16.1. The molecule has 16 heavy (non-hydrogen) atoms. The molecule has 4 nitrogen and oxygen atoms in total. The summed E-state index contributed by atoms with van der Waals surface area (Å²) in [5.41, 5.74) is 13.0. The number of amides is 1. The van der Waals surface area contributed by atoms with E-state index in [0.29, 0.717) is 11.3 Å². The molecular formula is C12H19N3O. The number of benzene rings is 1. The third-order valence-corrected chi connectivity index (χ3v) is 2.15. The van der Waals surface area contributed by atoms with E-state index < -0.39 is 5.91 Å². The van der Waals surface area contributed by atoms with Crippen LogP contribution in [0.5, 0.6) is 0 Å². The lowest BCUT2D eigenvalue weighted by Gasteiger charge is -2.20. The molecule has 0 radical (unpaired) electrons. The van der Waals surface area contributed by atoms with E-state index in [4.69, 9.17) is 11.5 Å². The molecule has 0 aliphatic rings. The Bertz CT molecular complexity index is 394. The first-order valence-electron chi connectivity index (χ1n) is 5.23. The second-order valence-corrected chi connectivity index (χ2v) is 5.08. The van der Waals surface area contributed by atoms with Gasteiger partial charge in [0.25, 0.3) is 0 Å². The number of carbonyl (C=O) groups is 1. The molecule has 88 valence electrons. The summed E-state index contributed by atoms with van der Waals surface area (Å²) in [6.07, 6.45) is 0. The molecule has 0 saturated carbocycles. The third kappa shape index (κ3) is 3.46. The predicted molar refractivity (Wildman–Crippen MR) is 67.3 cm³/mol. The fourth-order valence-electron chi connectivity index (χ4n) is 1.22.